The van der Waals surface area contributed by atoms with Crippen LogP contribution in [-0.2, 0) is 9.47 Å². The van der Waals surface area contributed by atoms with Crippen LogP contribution in [0.4, 0.5) is 0 Å². The first-order chi connectivity index (χ1) is 8.22. The van der Waals surface area contributed by atoms with E-state index in [-0.39, 0.29) is 0 Å². The Hall–Kier alpha value is -1.28. The Morgan fingerprint density at radius 2 is 1.78 bits per heavy atom. The summed E-state index contributed by atoms with van der Waals surface area (Å²) in [7, 11) is 0. The van der Waals surface area contributed by atoms with Crippen molar-refractivity contribution in [2.24, 2.45) is 0 Å². The summed E-state index contributed by atoms with van der Waals surface area (Å²) in [6.45, 7) is 3.93. The van der Waals surface area contributed by atoms with Gasteiger partial charge in [-0.25, -0.2) is 0 Å². The fourth-order valence-electron chi connectivity index (χ4n) is 1.64. The Morgan fingerprint density at radius 3 is 2.17 bits per heavy atom. The Kier molecular flexibility index (Phi) is 4.23. The molecule has 0 aromatic carbocycles. The van der Waals surface area contributed by atoms with Gasteiger partial charge in [-0.05, 0) is 19.3 Å². The average molecular weight is 262 g/mol. The molecule has 0 saturated carbocycles. The highest BCUT2D eigenvalue weighted by Gasteiger charge is 2.64. The third-order valence-electron chi connectivity index (χ3n) is 3.44. The van der Waals surface area contributed by atoms with Gasteiger partial charge >= 0.3 is 11.3 Å². The van der Waals surface area contributed by atoms with E-state index in [1.807, 2.05) is 0 Å². The van der Waals surface area contributed by atoms with E-state index in [1.54, 1.807) is 0 Å². The molecule has 1 saturated heterocycles. The molecule has 18 heavy (non-hydrogen) atoms. The van der Waals surface area contributed by atoms with E-state index < -0.39 is 27.4 Å². The molecule has 0 amide bonds. The van der Waals surface area contributed by atoms with Gasteiger partial charge in [0.05, 0.1) is 4.92 Å². The second-order valence-corrected chi connectivity index (χ2v) is 4.97. The average Bonchev–Trinajstić information content (AvgIpc) is 2.29. The zero-order valence-corrected chi connectivity index (χ0v) is 10.7. The summed E-state index contributed by atoms with van der Waals surface area (Å²) in [4.78, 5) is 20.7. The largest absolute Gasteiger partial charge is 0.393 e. The highest BCUT2D eigenvalue weighted by molar-refractivity contribution is 4.84. The number of hydrogen-bond acceptors (Lipinski definition) is 6. The van der Waals surface area contributed by atoms with E-state index >= 15 is 0 Å². The van der Waals surface area contributed by atoms with Crippen LogP contribution in [0.2, 0.25) is 0 Å². The first-order valence-corrected chi connectivity index (χ1v) is 5.80. The van der Waals surface area contributed by atoms with Crippen LogP contribution in [-0.4, -0.2) is 34.0 Å². The predicted molar refractivity (Wildman–Crippen MR) is 61.1 cm³/mol. The van der Waals surface area contributed by atoms with Crippen molar-refractivity contribution in [3.8, 4) is 0 Å². The van der Waals surface area contributed by atoms with Crippen LogP contribution in [0.25, 0.3) is 0 Å². The summed E-state index contributed by atoms with van der Waals surface area (Å²) in [6.07, 6.45) is 1.45. The third-order valence-corrected chi connectivity index (χ3v) is 3.44. The number of ether oxygens (including phenoxy) is 2. The van der Waals surface area contributed by atoms with Gasteiger partial charge in [0.1, 0.15) is 0 Å². The van der Waals surface area contributed by atoms with Gasteiger partial charge in [0.25, 0.3) is 0 Å². The highest BCUT2D eigenvalue weighted by atomic mass is 16.8. The lowest BCUT2D eigenvalue weighted by Crippen LogP contribution is -2.61. The zero-order valence-electron chi connectivity index (χ0n) is 10.7. The maximum atomic E-state index is 11.2. The molecule has 104 valence electrons. The van der Waals surface area contributed by atoms with Crippen LogP contribution in [0.1, 0.15) is 40.0 Å². The molecule has 0 aromatic rings. The van der Waals surface area contributed by atoms with Crippen molar-refractivity contribution in [2.75, 3.05) is 6.61 Å². The lowest BCUT2D eigenvalue weighted by Gasteiger charge is -2.33. The van der Waals surface area contributed by atoms with E-state index in [9.17, 15) is 20.2 Å². The maximum absolute atomic E-state index is 11.2. The monoisotopic (exact) mass is 262 g/mol. The molecule has 1 heterocycles. The van der Waals surface area contributed by atoms with Crippen LogP contribution < -0.4 is 0 Å². The molecule has 0 bridgehead atoms. The van der Waals surface area contributed by atoms with E-state index in [2.05, 4.69) is 0 Å². The quantitative estimate of drug-likeness (QED) is 0.423. The van der Waals surface area contributed by atoms with Crippen molar-refractivity contribution >= 4 is 0 Å². The molecule has 1 fully saturated rings. The van der Waals surface area contributed by atoms with Crippen molar-refractivity contribution < 1.29 is 19.3 Å². The van der Waals surface area contributed by atoms with E-state index in [0.717, 1.165) is 19.8 Å². The summed E-state index contributed by atoms with van der Waals surface area (Å²) in [6, 6.07) is 0. The van der Waals surface area contributed by atoms with Crippen LogP contribution in [0, 0.1) is 20.2 Å². The maximum Gasteiger partial charge on any atom is 0.393 e. The first kappa shape index (κ1) is 14.8. The van der Waals surface area contributed by atoms with Gasteiger partial charge in [0.15, 0.2) is 6.29 Å². The number of nitrogens with zero attached hydrogens (tertiary/aromatic N) is 2. The molecular weight excluding hydrogens is 244 g/mol. The molecule has 1 aliphatic rings. The lowest BCUT2D eigenvalue weighted by atomic mass is 9.93. The van der Waals surface area contributed by atoms with Crippen molar-refractivity contribution in [3.05, 3.63) is 20.2 Å². The summed E-state index contributed by atoms with van der Waals surface area (Å²) in [5, 5.41) is 22.2. The minimum atomic E-state index is -2.13. The van der Waals surface area contributed by atoms with Crippen molar-refractivity contribution in [1.82, 2.24) is 0 Å². The van der Waals surface area contributed by atoms with Gasteiger partial charge < -0.3 is 4.74 Å². The molecule has 0 spiro atoms. The lowest BCUT2D eigenvalue weighted by molar-refractivity contribution is -0.725. The van der Waals surface area contributed by atoms with Crippen LogP contribution in [0.5, 0.6) is 0 Å². The topological polar surface area (TPSA) is 105 Å². The summed E-state index contributed by atoms with van der Waals surface area (Å²) < 4.78 is 10.6. The normalized spacial score (nSPS) is 24.3. The third kappa shape index (κ3) is 2.59. The molecule has 1 rings (SSSR count). The van der Waals surface area contributed by atoms with E-state index in [0.29, 0.717) is 13.0 Å². The molecule has 8 heteroatoms. The zero-order chi connectivity index (χ0) is 14.0. The first-order valence-electron chi connectivity index (χ1n) is 5.80. The molecule has 2 atom stereocenters. The van der Waals surface area contributed by atoms with Crippen LogP contribution in [0.3, 0.4) is 0 Å². The molecule has 0 radical (unpaired) electrons. The van der Waals surface area contributed by atoms with Gasteiger partial charge in [-0.3, -0.25) is 25.0 Å². The van der Waals surface area contributed by atoms with Crippen LogP contribution in [0.15, 0.2) is 0 Å². The number of hydrogen-bond donors (Lipinski definition) is 0. The summed E-state index contributed by atoms with van der Waals surface area (Å²) in [5.41, 5.74) is -3.98. The SMILES string of the molecule is CC(C)([N+](=O)[O-])C(C)(OC1CCCCO1)[N+](=O)[O-]. The number of nitro groups is 2. The second-order valence-electron chi connectivity index (χ2n) is 4.97. The van der Waals surface area contributed by atoms with Gasteiger partial charge in [-0.2, -0.15) is 0 Å². The molecule has 0 aromatic heterocycles. The summed E-state index contributed by atoms with van der Waals surface area (Å²) >= 11 is 0. The molecule has 0 aliphatic carbocycles. The van der Waals surface area contributed by atoms with Gasteiger partial charge in [0.2, 0.25) is 0 Å². The van der Waals surface area contributed by atoms with Crippen molar-refractivity contribution in [3.63, 3.8) is 0 Å². The van der Waals surface area contributed by atoms with Gasteiger partial charge in [-0.15, -0.1) is 0 Å². The molecule has 8 nitrogen and oxygen atoms in total. The van der Waals surface area contributed by atoms with Crippen molar-refractivity contribution in [1.29, 1.82) is 0 Å². The molecule has 1 aliphatic heterocycles. The fraction of sp³-hybridized carbons (Fsp3) is 1.00. The molecular formula is C10H18N2O6. The minimum absolute atomic E-state index is 0.456. The van der Waals surface area contributed by atoms with E-state index in [1.165, 1.54) is 13.8 Å². The Balaban J connectivity index is 2.92. The number of rotatable bonds is 5. The van der Waals surface area contributed by atoms with E-state index in [4.69, 9.17) is 9.47 Å². The Labute approximate surface area is 105 Å². The minimum Gasteiger partial charge on any atom is -0.352 e. The molecule has 2 unspecified atom stereocenters. The van der Waals surface area contributed by atoms with Crippen LogP contribution >= 0.6 is 0 Å². The standard InChI is InChI=1S/C10H18N2O6/c1-9(2,11(13)14)10(3,12(15)16)18-8-6-4-5-7-17-8/h8H,4-7H2,1-3H3. The van der Waals surface area contributed by atoms with Crippen molar-refractivity contribution in [2.45, 2.75) is 57.6 Å². The predicted octanol–water partition coefficient (Wildman–Crippen LogP) is 1.58. The Morgan fingerprint density at radius 1 is 1.17 bits per heavy atom. The summed E-state index contributed by atoms with van der Waals surface area (Å²) in [5.74, 6) is 0. The molecule has 0 N–H and O–H groups in total. The smallest absolute Gasteiger partial charge is 0.352 e. The second kappa shape index (κ2) is 5.15. The fourth-order valence-corrected chi connectivity index (χ4v) is 1.64. The van der Waals surface area contributed by atoms with Gasteiger partial charge in [0, 0.05) is 32.3 Å². The van der Waals surface area contributed by atoms with Gasteiger partial charge in [-0.1, -0.05) is 0 Å². The Bertz CT molecular complexity index is 339. The highest BCUT2D eigenvalue weighted by Crippen LogP contribution is 2.32.